The maximum Gasteiger partial charge on any atom is 0.206 e. The molecule has 0 aliphatic carbocycles. The summed E-state index contributed by atoms with van der Waals surface area (Å²) in [7, 11) is -3.52. The number of rotatable bonds is 2. The first-order valence-electron chi connectivity index (χ1n) is 6.10. The molecule has 0 saturated heterocycles. The molecule has 3 aromatic rings. The summed E-state index contributed by atoms with van der Waals surface area (Å²) in [5.74, 6) is 0.117. The van der Waals surface area contributed by atoms with Crippen LogP contribution in [0.3, 0.4) is 0 Å². The molecule has 0 bridgehead atoms. The molecule has 3 nitrogen and oxygen atoms in total. The second-order valence-electron chi connectivity index (χ2n) is 4.51. The molecule has 4 heteroatoms. The van der Waals surface area contributed by atoms with Crippen molar-refractivity contribution in [3.05, 3.63) is 66.7 Å². The predicted molar refractivity (Wildman–Crippen MR) is 77.5 cm³/mol. The Bertz CT molecular complexity index is 869. The van der Waals surface area contributed by atoms with Gasteiger partial charge in [0.2, 0.25) is 9.84 Å². The Morgan fingerprint density at radius 1 is 0.700 bits per heavy atom. The number of aromatic hydroxyl groups is 1. The maximum atomic E-state index is 12.5. The fourth-order valence-electron chi connectivity index (χ4n) is 2.12. The van der Waals surface area contributed by atoms with Crippen molar-refractivity contribution < 1.29 is 13.5 Å². The highest BCUT2D eigenvalue weighted by molar-refractivity contribution is 7.91. The zero-order chi connectivity index (χ0) is 14.2. The molecule has 0 aromatic heterocycles. The third-order valence-electron chi connectivity index (χ3n) is 3.16. The van der Waals surface area contributed by atoms with Crippen LogP contribution < -0.4 is 0 Å². The molecule has 100 valence electrons. The fourth-order valence-corrected chi connectivity index (χ4v) is 3.43. The van der Waals surface area contributed by atoms with Crippen molar-refractivity contribution in [2.75, 3.05) is 0 Å². The number of phenolic OH excluding ortho intramolecular Hbond substituents is 1. The van der Waals surface area contributed by atoms with Crippen LogP contribution in [0.5, 0.6) is 5.75 Å². The quantitative estimate of drug-likeness (QED) is 0.785. The Morgan fingerprint density at radius 2 is 1.40 bits per heavy atom. The van der Waals surface area contributed by atoms with Gasteiger partial charge in [-0.3, -0.25) is 0 Å². The van der Waals surface area contributed by atoms with Crippen LogP contribution in [0.25, 0.3) is 10.8 Å². The highest BCUT2D eigenvalue weighted by Gasteiger charge is 2.17. The van der Waals surface area contributed by atoms with Gasteiger partial charge in [0.15, 0.2) is 0 Å². The molecular weight excluding hydrogens is 272 g/mol. The monoisotopic (exact) mass is 284 g/mol. The van der Waals surface area contributed by atoms with E-state index in [1.54, 1.807) is 66.7 Å². The Hall–Kier alpha value is -2.33. The molecule has 0 fully saturated rings. The smallest absolute Gasteiger partial charge is 0.206 e. The van der Waals surface area contributed by atoms with Crippen molar-refractivity contribution in [1.29, 1.82) is 0 Å². The van der Waals surface area contributed by atoms with Gasteiger partial charge in [-0.05, 0) is 47.2 Å². The van der Waals surface area contributed by atoms with E-state index in [4.69, 9.17) is 0 Å². The Labute approximate surface area is 117 Å². The predicted octanol–water partition coefficient (Wildman–Crippen LogP) is 3.38. The number of fused-ring (bicyclic) bond motifs is 1. The number of phenols is 1. The summed E-state index contributed by atoms with van der Waals surface area (Å²) in [6, 6.07) is 18.1. The molecule has 0 atom stereocenters. The molecule has 0 heterocycles. The standard InChI is InChI=1S/C16H12O3S/c17-14-8-6-12-7-9-16(11-13(12)10-14)20(18,19)15-4-2-1-3-5-15/h1-11,17H. The lowest BCUT2D eigenvalue weighted by Crippen LogP contribution is -2.01. The summed E-state index contributed by atoms with van der Waals surface area (Å²) in [6.45, 7) is 0. The summed E-state index contributed by atoms with van der Waals surface area (Å²) >= 11 is 0. The van der Waals surface area contributed by atoms with Gasteiger partial charge < -0.3 is 5.11 Å². The molecular formula is C16H12O3S. The molecule has 1 N–H and O–H groups in total. The van der Waals surface area contributed by atoms with E-state index < -0.39 is 9.84 Å². The molecule has 0 aliphatic rings. The molecule has 0 spiro atoms. The molecule has 20 heavy (non-hydrogen) atoms. The number of sulfone groups is 1. The van der Waals surface area contributed by atoms with Gasteiger partial charge in [0.25, 0.3) is 0 Å². The van der Waals surface area contributed by atoms with Gasteiger partial charge in [-0.2, -0.15) is 0 Å². The number of hydrogen-bond acceptors (Lipinski definition) is 3. The van der Waals surface area contributed by atoms with E-state index in [1.165, 1.54) is 0 Å². The molecule has 3 rings (SSSR count). The van der Waals surface area contributed by atoms with Gasteiger partial charge in [-0.25, -0.2) is 8.42 Å². The topological polar surface area (TPSA) is 54.4 Å². The highest BCUT2D eigenvalue weighted by atomic mass is 32.2. The molecule has 0 radical (unpaired) electrons. The zero-order valence-electron chi connectivity index (χ0n) is 10.5. The third-order valence-corrected chi connectivity index (χ3v) is 4.93. The van der Waals surface area contributed by atoms with Crippen LogP contribution in [0.15, 0.2) is 76.5 Å². The van der Waals surface area contributed by atoms with Crippen LogP contribution in [-0.2, 0) is 9.84 Å². The van der Waals surface area contributed by atoms with E-state index in [-0.39, 0.29) is 15.5 Å². The lowest BCUT2D eigenvalue weighted by molar-refractivity contribution is 0.476. The van der Waals surface area contributed by atoms with Crippen molar-refractivity contribution in [3.8, 4) is 5.75 Å². The van der Waals surface area contributed by atoms with Crippen molar-refractivity contribution >= 4 is 20.6 Å². The van der Waals surface area contributed by atoms with Gasteiger partial charge in [-0.15, -0.1) is 0 Å². The van der Waals surface area contributed by atoms with Gasteiger partial charge in [0.05, 0.1) is 9.79 Å². The average molecular weight is 284 g/mol. The van der Waals surface area contributed by atoms with E-state index in [9.17, 15) is 13.5 Å². The average Bonchev–Trinajstić information content (AvgIpc) is 2.47. The van der Waals surface area contributed by atoms with E-state index in [0.29, 0.717) is 5.39 Å². The number of benzene rings is 3. The highest BCUT2D eigenvalue weighted by Crippen LogP contribution is 2.26. The van der Waals surface area contributed by atoms with Crippen LogP contribution in [-0.4, -0.2) is 13.5 Å². The largest absolute Gasteiger partial charge is 0.508 e. The Morgan fingerprint density at radius 3 is 2.15 bits per heavy atom. The minimum atomic E-state index is -3.52. The molecule has 0 amide bonds. The first kappa shape index (κ1) is 12.7. The summed E-state index contributed by atoms with van der Waals surface area (Å²) < 4.78 is 25.0. The molecule has 3 aromatic carbocycles. The molecule has 0 saturated carbocycles. The lowest BCUT2D eigenvalue weighted by Gasteiger charge is -2.06. The van der Waals surface area contributed by atoms with Crippen LogP contribution in [0.1, 0.15) is 0 Å². The van der Waals surface area contributed by atoms with Gasteiger partial charge >= 0.3 is 0 Å². The second kappa shape index (κ2) is 4.65. The number of hydrogen-bond donors (Lipinski definition) is 1. The summed E-state index contributed by atoms with van der Waals surface area (Å²) in [4.78, 5) is 0.487. The first-order chi connectivity index (χ1) is 9.57. The van der Waals surface area contributed by atoms with E-state index in [2.05, 4.69) is 0 Å². The first-order valence-corrected chi connectivity index (χ1v) is 7.59. The van der Waals surface area contributed by atoms with Crippen molar-refractivity contribution in [2.45, 2.75) is 9.79 Å². The minimum Gasteiger partial charge on any atom is -0.508 e. The lowest BCUT2D eigenvalue weighted by atomic mass is 10.1. The van der Waals surface area contributed by atoms with Gasteiger partial charge in [0, 0.05) is 0 Å². The van der Waals surface area contributed by atoms with Crippen LogP contribution in [0.4, 0.5) is 0 Å². The van der Waals surface area contributed by atoms with E-state index >= 15 is 0 Å². The Kier molecular flexibility index (Phi) is 2.95. The molecule has 0 aliphatic heterocycles. The van der Waals surface area contributed by atoms with Crippen molar-refractivity contribution in [1.82, 2.24) is 0 Å². The second-order valence-corrected chi connectivity index (χ2v) is 6.46. The summed E-state index contributed by atoms with van der Waals surface area (Å²) in [5.41, 5.74) is 0. The van der Waals surface area contributed by atoms with Crippen LogP contribution in [0.2, 0.25) is 0 Å². The SMILES string of the molecule is O=S(=O)(c1ccccc1)c1ccc2ccc(O)cc2c1. The van der Waals surface area contributed by atoms with Crippen LogP contribution in [0, 0.1) is 0 Å². The fraction of sp³-hybridized carbons (Fsp3) is 0. The van der Waals surface area contributed by atoms with Gasteiger partial charge in [0.1, 0.15) is 5.75 Å². The van der Waals surface area contributed by atoms with Crippen molar-refractivity contribution in [2.24, 2.45) is 0 Å². The zero-order valence-corrected chi connectivity index (χ0v) is 11.3. The Balaban J connectivity index is 2.19. The van der Waals surface area contributed by atoms with E-state index in [1.807, 2.05) is 0 Å². The van der Waals surface area contributed by atoms with E-state index in [0.717, 1.165) is 5.39 Å². The van der Waals surface area contributed by atoms with Gasteiger partial charge in [-0.1, -0.05) is 30.3 Å². The summed E-state index contributed by atoms with van der Waals surface area (Å²) in [6.07, 6.45) is 0. The minimum absolute atomic E-state index is 0.117. The third kappa shape index (κ3) is 2.14. The van der Waals surface area contributed by atoms with Crippen molar-refractivity contribution in [3.63, 3.8) is 0 Å². The summed E-state index contributed by atoms with van der Waals surface area (Å²) in [5, 5.41) is 11.1. The normalized spacial score (nSPS) is 11.6. The maximum absolute atomic E-state index is 12.5. The molecule has 0 unspecified atom stereocenters. The van der Waals surface area contributed by atoms with Crippen LogP contribution >= 0.6 is 0 Å².